The molecule has 0 aliphatic carbocycles. The Bertz CT molecular complexity index is 3650. The van der Waals surface area contributed by atoms with Crippen LogP contribution in [0.4, 0.5) is 0 Å². The number of rotatable bonds is 3. The third kappa shape index (κ3) is 3.79. The maximum atomic E-state index is 6.73. The van der Waals surface area contributed by atoms with Gasteiger partial charge in [-0.05, 0) is 53.2 Å². The maximum Gasteiger partial charge on any atom is 0.164 e. The smallest absolute Gasteiger partial charge is 0.164 e. The molecule has 5 aromatic heterocycles. The minimum absolute atomic E-state index is 0.628. The van der Waals surface area contributed by atoms with Gasteiger partial charge in [-0.3, -0.25) is 0 Å². The number of aromatic nitrogens is 5. The highest BCUT2D eigenvalue weighted by atomic mass is 16.3. The van der Waals surface area contributed by atoms with E-state index in [4.69, 9.17) is 19.4 Å². The molecule has 13 rings (SSSR count). The fourth-order valence-electron chi connectivity index (χ4n) is 9.23. The van der Waals surface area contributed by atoms with Gasteiger partial charge in [0.15, 0.2) is 17.5 Å². The number of hydrogen-bond acceptors (Lipinski definition) is 4. The Morgan fingerprint density at radius 3 is 1.75 bits per heavy atom. The summed E-state index contributed by atoms with van der Waals surface area (Å²) in [5, 5.41) is 9.28. The Labute approximate surface area is 312 Å². The van der Waals surface area contributed by atoms with E-state index >= 15 is 0 Å². The Kier molecular flexibility index (Phi) is 5.54. The van der Waals surface area contributed by atoms with Crippen molar-refractivity contribution in [3.8, 4) is 34.2 Å². The number of hydrogen-bond donors (Lipinski definition) is 0. The van der Waals surface area contributed by atoms with Crippen LogP contribution in [-0.4, -0.2) is 23.8 Å². The van der Waals surface area contributed by atoms with Gasteiger partial charge in [0.25, 0.3) is 0 Å². The monoisotopic (exact) mass is 701 g/mol. The molecule has 6 nitrogen and oxygen atoms in total. The highest BCUT2D eigenvalue weighted by Crippen LogP contribution is 2.47. The van der Waals surface area contributed by atoms with Crippen LogP contribution >= 0.6 is 0 Å². The Balaban J connectivity index is 1.29. The van der Waals surface area contributed by atoms with Crippen LogP contribution in [0.2, 0.25) is 0 Å². The molecule has 6 heteroatoms. The number of furan rings is 1. The van der Waals surface area contributed by atoms with Gasteiger partial charge in [-0.1, -0.05) is 121 Å². The first-order valence-corrected chi connectivity index (χ1v) is 18.5. The molecule has 5 heterocycles. The summed E-state index contributed by atoms with van der Waals surface area (Å²) in [5.41, 5.74) is 11.3. The Morgan fingerprint density at radius 1 is 0.364 bits per heavy atom. The number of para-hydroxylation sites is 1. The number of nitrogens with zero attached hydrogens (tertiary/aromatic N) is 5. The fourth-order valence-corrected chi connectivity index (χ4v) is 9.23. The molecule has 0 saturated carbocycles. The standard InChI is InChI=1S/C49H27N5O/c1-3-13-28(14-4-1)47-50-48(29-15-5-2-6-16-29)52-49(51-47)34-20-11-22-36-41(34)33-25-26-40-44-43-37(23-12-24-39(43)55-40)53-35-21-10-9-19-32(35)42-31-18-8-7-17-30(31)27-38(46(42)53)54(36)45(33)44/h1-27H. The summed E-state index contributed by atoms with van der Waals surface area (Å²) in [7, 11) is 0. The van der Waals surface area contributed by atoms with Gasteiger partial charge in [0.05, 0.1) is 43.9 Å². The van der Waals surface area contributed by atoms with Gasteiger partial charge in [0.2, 0.25) is 0 Å². The van der Waals surface area contributed by atoms with Crippen molar-refractivity contribution in [2.75, 3.05) is 0 Å². The van der Waals surface area contributed by atoms with E-state index in [-0.39, 0.29) is 0 Å². The van der Waals surface area contributed by atoms with Crippen LogP contribution in [0.1, 0.15) is 0 Å². The van der Waals surface area contributed by atoms with Gasteiger partial charge in [0.1, 0.15) is 11.2 Å². The summed E-state index contributed by atoms with van der Waals surface area (Å²) >= 11 is 0. The molecule has 254 valence electrons. The fraction of sp³-hybridized carbons (Fsp3) is 0. The van der Waals surface area contributed by atoms with Gasteiger partial charge in [0, 0.05) is 38.2 Å². The van der Waals surface area contributed by atoms with Crippen molar-refractivity contribution < 1.29 is 4.42 Å². The van der Waals surface area contributed by atoms with E-state index < -0.39 is 0 Å². The van der Waals surface area contributed by atoms with Crippen LogP contribution in [-0.2, 0) is 0 Å². The molecule has 0 radical (unpaired) electrons. The molecule has 0 saturated heterocycles. The van der Waals surface area contributed by atoms with Crippen LogP contribution in [0, 0.1) is 0 Å². The van der Waals surface area contributed by atoms with Crippen LogP contribution in [0.25, 0.3) is 122 Å². The van der Waals surface area contributed by atoms with Crippen LogP contribution < -0.4 is 0 Å². The van der Waals surface area contributed by atoms with E-state index in [1.165, 1.54) is 27.1 Å². The lowest BCUT2D eigenvalue weighted by Gasteiger charge is -2.11. The second-order valence-electron chi connectivity index (χ2n) is 14.4. The normalized spacial score (nSPS) is 12.4. The molecule has 0 aliphatic heterocycles. The molecule has 55 heavy (non-hydrogen) atoms. The summed E-state index contributed by atoms with van der Waals surface area (Å²) in [6.45, 7) is 0. The quantitative estimate of drug-likeness (QED) is 0.184. The SMILES string of the molecule is c1ccc(-c2nc(-c3ccccc3)nc(-c3cccc4c3c3ccc5oc6cccc7c6c5c3n4c3cc4ccccc4c4c5ccccc5n7c43)n2)cc1. The third-order valence-electron chi connectivity index (χ3n) is 11.5. The molecular formula is C49H27N5O. The predicted molar refractivity (Wildman–Crippen MR) is 224 cm³/mol. The molecule has 0 atom stereocenters. The van der Waals surface area contributed by atoms with Crippen LogP contribution in [0.5, 0.6) is 0 Å². The average molecular weight is 702 g/mol. The Morgan fingerprint density at radius 2 is 0.964 bits per heavy atom. The molecule has 0 spiro atoms. The van der Waals surface area contributed by atoms with Crippen molar-refractivity contribution in [1.29, 1.82) is 0 Å². The second kappa shape index (κ2) is 10.5. The summed E-state index contributed by atoms with van der Waals surface area (Å²) < 4.78 is 11.7. The topological polar surface area (TPSA) is 60.6 Å². The first kappa shape index (κ1) is 28.9. The molecular weight excluding hydrogens is 675 g/mol. The first-order valence-electron chi connectivity index (χ1n) is 18.5. The third-order valence-corrected chi connectivity index (χ3v) is 11.5. The molecule has 0 amide bonds. The molecule has 0 aliphatic rings. The Hall–Kier alpha value is -7.57. The second-order valence-corrected chi connectivity index (χ2v) is 14.4. The molecule has 8 aromatic carbocycles. The van der Waals surface area contributed by atoms with Crippen molar-refractivity contribution in [2.45, 2.75) is 0 Å². The van der Waals surface area contributed by atoms with Crippen molar-refractivity contribution in [3.05, 3.63) is 164 Å². The minimum atomic E-state index is 0.628. The van der Waals surface area contributed by atoms with Crippen molar-refractivity contribution >= 4 is 87.4 Å². The van der Waals surface area contributed by atoms with Gasteiger partial charge in [-0.15, -0.1) is 0 Å². The van der Waals surface area contributed by atoms with Gasteiger partial charge < -0.3 is 13.2 Å². The summed E-state index contributed by atoms with van der Waals surface area (Å²) in [6.07, 6.45) is 0. The molecule has 0 unspecified atom stereocenters. The summed E-state index contributed by atoms with van der Waals surface area (Å²) in [4.78, 5) is 15.4. The van der Waals surface area contributed by atoms with Gasteiger partial charge >= 0.3 is 0 Å². The highest BCUT2D eigenvalue weighted by molar-refractivity contribution is 6.32. The maximum absolute atomic E-state index is 6.73. The number of fused-ring (bicyclic) bond motifs is 10. The first-order chi connectivity index (χ1) is 27.3. The van der Waals surface area contributed by atoms with E-state index in [9.17, 15) is 0 Å². The lowest BCUT2D eigenvalue weighted by molar-refractivity contribution is 0.669. The van der Waals surface area contributed by atoms with Crippen molar-refractivity contribution in [3.63, 3.8) is 0 Å². The van der Waals surface area contributed by atoms with E-state index in [1.54, 1.807) is 0 Å². The largest absolute Gasteiger partial charge is 0.456 e. The van der Waals surface area contributed by atoms with E-state index in [2.05, 4.69) is 136 Å². The lowest BCUT2D eigenvalue weighted by Crippen LogP contribution is -2.00. The zero-order chi connectivity index (χ0) is 35.8. The molecule has 0 bridgehead atoms. The van der Waals surface area contributed by atoms with E-state index in [1.807, 2.05) is 36.4 Å². The van der Waals surface area contributed by atoms with E-state index in [0.717, 1.165) is 77.0 Å². The molecule has 0 N–H and O–H groups in total. The summed E-state index contributed by atoms with van der Waals surface area (Å²) in [6, 6.07) is 57.6. The zero-order valence-corrected chi connectivity index (χ0v) is 29.2. The minimum Gasteiger partial charge on any atom is -0.456 e. The molecule has 13 aromatic rings. The van der Waals surface area contributed by atoms with E-state index in [0.29, 0.717) is 17.5 Å². The van der Waals surface area contributed by atoms with Gasteiger partial charge in [-0.25, -0.2) is 15.0 Å². The zero-order valence-electron chi connectivity index (χ0n) is 29.2. The average Bonchev–Trinajstić information content (AvgIpc) is 3.91. The van der Waals surface area contributed by atoms with Crippen LogP contribution in [0.3, 0.4) is 0 Å². The van der Waals surface area contributed by atoms with Crippen molar-refractivity contribution in [2.24, 2.45) is 0 Å². The summed E-state index contributed by atoms with van der Waals surface area (Å²) in [5.74, 6) is 1.90. The molecule has 0 fully saturated rings. The van der Waals surface area contributed by atoms with Crippen LogP contribution in [0.15, 0.2) is 168 Å². The van der Waals surface area contributed by atoms with Gasteiger partial charge in [-0.2, -0.15) is 0 Å². The lowest BCUT2D eigenvalue weighted by atomic mass is 10.0. The van der Waals surface area contributed by atoms with Crippen molar-refractivity contribution in [1.82, 2.24) is 23.8 Å². The predicted octanol–water partition coefficient (Wildman–Crippen LogP) is 12.5. The number of benzene rings is 8. The highest BCUT2D eigenvalue weighted by Gasteiger charge is 2.26.